The van der Waals surface area contributed by atoms with Crippen molar-refractivity contribution >= 4 is 11.8 Å². The van der Waals surface area contributed by atoms with E-state index in [0.29, 0.717) is 0 Å². The van der Waals surface area contributed by atoms with Crippen LogP contribution in [0.3, 0.4) is 0 Å². The first-order valence-corrected chi connectivity index (χ1v) is 8.73. The summed E-state index contributed by atoms with van der Waals surface area (Å²) in [5, 5.41) is 11.7. The second-order valence-corrected chi connectivity index (χ2v) is 6.60. The first-order valence-electron chi connectivity index (χ1n) is 7.79. The van der Waals surface area contributed by atoms with Crippen LogP contribution in [0, 0.1) is 0 Å². The van der Waals surface area contributed by atoms with Crippen molar-refractivity contribution in [2.45, 2.75) is 12.4 Å². The van der Waals surface area contributed by atoms with Crippen molar-refractivity contribution in [2.75, 3.05) is 7.05 Å². The molecule has 0 spiro atoms. The topological polar surface area (TPSA) is 37.8 Å². The third kappa shape index (κ3) is 2.59. The maximum absolute atomic E-state index is 4.80. The Morgan fingerprint density at radius 3 is 2.29 bits per heavy atom. The van der Waals surface area contributed by atoms with Gasteiger partial charge in [0.1, 0.15) is 0 Å². The van der Waals surface area contributed by atoms with Crippen molar-refractivity contribution < 1.29 is 4.80 Å². The standard InChI is InChI=1S/C18H18N5S/c1-14-13-24-18(21(14)2)23-20-17(15-9-5-3-6-10-15)19-22(23)16-11-7-4-8-12-16/h3-13,18H,1-2H3/q+1. The number of nitrogens with zero attached hydrogens (tertiary/aromatic N) is 5. The van der Waals surface area contributed by atoms with Gasteiger partial charge in [0.15, 0.2) is 5.69 Å². The molecule has 0 bridgehead atoms. The number of aromatic nitrogens is 4. The van der Waals surface area contributed by atoms with Gasteiger partial charge in [0.25, 0.3) is 0 Å². The van der Waals surface area contributed by atoms with E-state index in [1.165, 1.54) is 5.70 Å². The van der Waals surface area contributed by atoms with E-state index >= 15 is 0 Å². The van der Waals surface area contributed by atoms with Gasteiger partial charge in [-0.1, -0.05) is 48.2 Å². The quantitative estimate of drug-likeness (QED) is 0.688. The predicted octanol–water partition coefficient (Wildman–Crippen LogP) is 3.22. The first-order chi connectivity index (χ1) is 11.7. The van der Waals surface area contributed by atoms with E-state index in [1.807, 2.05) is 70.3 Å². The molecule has 24 heavy (non-hydrogen) atoms. The van der Waals surface area contributed by atoms with Crippen LogP contribution >= 0.6 is 11.8 Å². The van der Waals surface area contributed by atoms with Crippen LogP contribution in [0.15, 0.2) is 71.8 Å². The molecule has 120 valence electrons. The van der Waals surface area contributed by atoms with Gasteiger partial charge in [-0.3, -0.25) is 0 Å². The van der Waals surface area contributed by atoms with E-state index in [1.54, 1.807) is 11.8 Å². The number of para-hydroxylation sites is 1. The summed E-state index contributed by atoms with van der Waals surface area (Å²) in [5.41, 5.74) is 3.28. The molecule has 0 amide bonds. The van der Waals surface area contributed by atoms with E-state index in [2.05, 4.69) is 24.3 Å². The highest BCUT2D eigenvalue weighted by Gasteiger charge is 2.33. The number of rotatable bonds is 3. The fraction of sp³-hybridized carbons (Fsp3) is 0.167. The van der Waals surface area contributed by atoms with Gasteiger partial charge in [0, 0.05) is 17.5 Å². The van der Waals surface area contributed by atoms with Crippen molar-refractivity contribution in [3.63, 3.8) is 0 Å². The molecule has 1 aromatic heterocycles. The summed E-state index contributed by atoms with van der Waals surface area (Å²) < 4.78 is 0. The molecule has 2 heterocycles. The van der Waals surface area contributed by atoms with E-state index in [-0.39, 0.29) is 5.50 Å². The maximum atomic E-state index is 4.80. The lowest BCUT2D eigenvalue weighted by atomic mass is 10.2. The van der Waals surface area contributed by atoms with E-state index in [9.17, 15) is 0 Å². The van der Waals surface area contributed by atoms with E-state index < -0.39 is 0 Å². The van der Waals surface area contributed by atoms with Gasteiger partial charge in [-0.25, -0.2) is 0 Å². The molecule has 3 aromatic rings. The fourth-order valence-corrected chi connectivity index (χ4v) is 3.67. The van der Waals surface area contributed by atoms with E-state index in [0.717, 1.165) is 17.1 Å². The predicted molar refractivity (Wildman–Crippen MR) is 95.1 cm³/mol. The smallest absolute Gasteiger partial charge is 0.339 e. The molecule has 1 aliphatic rings. The molecule has 0 N–H and O–H groups in total. The highest BCUT2D eigenvalue weighted by atomic mass is 32.2. The molecule has 0 saturated heterocycles. The van der Waals surface area contributed by atoms with Crippen molar-refractivity contribution in [1.29, 1.82) is 0 Å². The van der Waals surface area contributed by atoms with Gasteiger partial charge >= 0.3 is 5.82 Å². The summed E-state index contributed by atoms with van der Waals surface area (Å²) >= 11 is 1.73. The van der Waals surface area contributed by atoms with Crippen molar-refractivity contribution in [3.05, 3.63) is 71.8 Å². The summed E-state index contributed by atoms with van der Waals surface area (Å²) in [7, 11) is 2.08. The molecular weight excluding hydrogens is 318 g/mol. The van der Waals surface area contributed by atoms with Gasteiger partial charge in [-0.2, -0.15) is 0 Å². The maximum Gasteiger partial charge on any atom is 0.339 e. The van der Waals surface area contributed by atoms with Gasteiger partial charge in [0.05, 0.1) is 10.7 Å². The molecule has 1 aliphatic heterocycles. The number of benzene rings is 2. The van der Waals surface area contributed by atoms with Crippen LogP contribution < -0.4 is 4.80 Å². The average molecular weight is 336 g/mol. The van der Waals surface area contributed by atoms with Crippen LogP contribution in [0.4, 0.5) is 0 Å². The molecule has 1 unspecified atom stereocenters. The van der Waals surface area contributed by atoms with Gasteiger partial charge in [-0.15, -0.1) is 0 Å². The summed E-state index contributed by atoms with van der Waals surface area (Å²) in [6.07, 6.45) is 0. The molecule has 0 aliphatic carbocycles. The minimum Gasteiger partial charge on any atom is -0.343 e. The van der Waals surface area contributed by atoms with Crippen molar-refractivity contribution in [1.82, 2.24) is 19.9 Å². The monoisotopic (exact) mass is 336 g/mol. The SMILES string of the molecule is CC1=CSC(n2nc(-c3ccccc3)n[n+]2-c2ccccc2)N1C. The normalized spacial score (nSPS) is 17.2. The van der Waals surface area contributed by atoms with Crippen molar-refractivity contribution in [3.8, 4) is 17.1 Å². The zero-order valence-corrected chi connectivity index (χ0v) is 14.4. The third-order valence-corrected chi connectivity index (χ3v) is 5.27. The molecule has 4 rings (SSSR count). The van der Waals surface area contributed by atoms with Crippen molar-refractivity contribution in [2.24, 2.45) is 0 Å². The molecule has 0 fully saturated rings. The Morgan fingerprint density at radius 1 is 1.00 bits per heavy atom. The number of thioether (sulfide) groups is 1. The van der Waals surface area contributed by atoms with E-state index in [4.69, 9.17) is 10.2 Å². The van der Waals surface area contributed by atoms with Gasteiger partial charge < -0.3 is 4.90 Å². The highest BCUT2D eigenvalue weighted by molar-refractivity contribution is 8.02. The number of tetrazole rings is 1. The zero-order chi connectivity index (χ0) is 16.5. The Labute approximate surface area is 145 Å². The lowest BCUT2D eigenvalue weighted by molar-refractivity contribution is -0.746. The van der Waals surface area contributed by atoms with Crippen LogP contribution in [0.1, 0.15) is 12.4 Å². The Kier molecular flexibility index (Phi) is 3.82. The Hall–Kier alpha value is -2.60. The largest absolute Gasteiger partial charge is 0.343 e. The third-order valence-electron chi connectivity index (χ3n) is 4.05. The summed E-state index contributed by atoms with van der Waals surface area (Å²) in [6.45, 7) is 2.11. The number of hydrogen-bond donors (Lipinski definition) is 0. The molecule has 6 heteroatoms. The Bertz CT molecular complexity index is 873. The Balaban J connectivity index is 1.84. The molecule has 2 aromatic carbocycles. The second-order valence-electron chi connectivity index (χ2n) is 5.67. The molecule has 5 nitrogen and oxygen atoms in total. The lowest BCUT2D eigenvalue weighted by Gasteiger charge is -2.19. The summed E-state index contributed by atoms with van der Waals surface area (Å²) in [4.78, 5) is 6.02. The minimum atomic E-state index is 0.0511. The summed E-state index contributed by atoms with van der Waals surface area (Å²) in [6, 6.07) is 20.2. The summed E-state index contributed by atoms with van der Waals surface area (Å²) in [5.74, 6) is 0.720. The first kappa shape index (κ1) is 15.0. The van der Waals surface area contributed by atoms with Crippen LogP contribution in [-0.2, 0) is 0 Å². The lowest BCUT2D eigenvalue weighted by Crippen LogP contribution is -2.47. The fourth-order valence-electron chi connectivity index (χ4n) is 2.60. The zero-order valence-electron chi connectivity index (χ0n) is 13.6. The Morgan fingerprint density at radius 2 is 1.67 bits per heavy atom. The van der Waals surface area contributed by atoms with Crippen LogP contribution in [0.5, 0.6) is 0 Å². The van der Waals surface area contributed by atoms with Crippen LogP contribution in [-0.4, -0.2) is 26.9 Å². The van der Waals surface area contributed by atoms with Crippen LogP contribution in [0.25, 0.3) is 17.1 Å². The number of hydrogen-bond acceptors (Lipinski definition) is 4. The van der Waals surface area contributed by atoms with Crippen LogP contribution in [0.2, 0.25) is 0 Å². The molecule has 0 saturated carbocycles. The molecular formula is C18H18N5S+. The minimum absolute atomic E-state index is 0.0511. The highest BCUT2D eigenvalue weighted by Crippen LogP contribution is 2.36. The average Bonchev–Trinajstić information content (AvgIpc) is 3.21. The number of allylic oxidation sites excluding steroid dienone is 1. The second kappa shape index (κ2) is 6.13. The molecule has 1 atom stereocenters. The molecule has 0 radical (unpaired) electrons. The van der Waals surface area contributed by atoms with Gasteiger partial charge in [-0.05, 0) is 46.5 Å². The van der Waals surface area contributed by atoms with Gasteiger partial charge in [0.2, 0.25) is 5.50 Å².